The Kier molecular flexibility index (Phi) is 12.8. The zero-order valence-electron chi connectivity index (χ0n) is 26.3. The van der Waals surface area contributed by atoms with Crippen LogP contribution in [0.3, 0.4) is 0 Å². The van der Waals surface area contributed by atoms with Gasteiger partial charge in [0, 0.05) is 17.8 Å². The summed E-state index contributed by atoms with van der Waals surface area (Å²) < 4.78 is 41.4. The van der Waals surface area contributed by atoms with E-state index in [-0.39, 0.29) is 13.2 Å². The summed E-state index contributed by atoms with van der Waals surface area (Å²) in [5, 5.41) is 14.7. The molecule has 4 rings (SSSR count). The lowest BCUT2D eigenvalue weighted by Gasteiger charge is -2.48. The van der Waals surface area contributed by atoms with Gasteiger partial charge in [-0.25, -0.2) is 4.79 Å². The number of aliphatic hydroxyl groups excluding tert-OH is 1. The molecule has 2 saturated heterocycles. The van der Waals surface area contributed by atoms with Gasteiger partial charge in [-0.2, -0.15) is 0 Å². The van der Waals surface area contributed by atoms with E-state index in [1.165, 1.54) is 6.92 Å². The summed E-state index contributed by atoms with van der Waals surface area (Å²) in [6.45, 7) is 5.89. The van der Waals surface area contributed by atoms with Gasteiger partial charge in [-0.3, -0.25) is 9.59 Å². The first-order valence-electron chi connectivity index (χ1n) is 15.0. The number of rotatable bonds is 12. The van der Waals surface area contributed by atoms with Crippen molar-refractivity contribution in [3.63, 3.8) is 0 Å². The molecule has 10 atom stereocenters. The highest BCUT2D eigenvalue weighted by Gasteiger charge is 2.52. The van der Waals surface area contributed by atoms with Gasteiger partial charge in [0.05, 0.1) is 23.8 Å². The first-order chi connectivity index (χ1) is 22.5. The van der Waals surface area contributed by atoms with Crippen molar-refractivity contribution in [3.05, 3.63) is 76.2 Å². The van der Waals surface area contributed by atoms with Crippen LogP contribution in [0.1, 0.15) is 36.7 Å². The predicted octanol–water partition coefficient (Wildman–Crippen LogP) is 4.09. The number of carbonyl (C=O) groups excluding carboxylic acids is 3. The van der Waals surface area contributed by atoms with Crippen LogP contribution in [0.15, 0.2) is 59.7 Å². The number of carbonyl (C=O) groups is 3. The van der Waals surface area contributed by atoms with E-state index in [0.29, 0.717) is 11.3 Å². The number of benzene rings is 2. The van der Waals surface area contributed by atoms with Crippen molar-refractivity contribution in [2.45, 2.75) is 76.8 Å². The van der Waals surface area contributed by atoms with Crippen LogP contribution in [0, 0.1) is 18.8 Å². The largest absolute Gasteiger partial charge is 0.463 e. The maximum absolute atomic E-state index is 13.3. The van der Waals surface area contributed by atoms with Crippen LogP contribution in [0.5, 0.6) is 5.75 Å². The SMILES string of the molecule is CC(=O)OCC1O[C@H](O[C@@H]2C(COC(=O)CCl)O[C@@H](Oc3ccc(C)cc3)C(OC(=O)c3ccccc3)[C@H]2C)C(N=[N+]=[N-])[C@@H](C)[C@@H]1O. The first kappa shape index (κ1) is 35.9. The van der Waals surface area contributed by atoms with E-state index in [2.05, 4.69) is 10.0 Å². The molecule has 2 aromatic rings. The molecule has 0 spiro atoms. The fraction of sp³-hybridized carbons (Fsp3) is 0.531. The normalized spacial score (nSPS) is 30.3. The summed E-state index contributed by atoms with van der Waals surface area (Å²) in [7, 11) is 0. The molecule has 2 fully saturated rings. The molecule has 1 N–H and O–H groups in total. The van der Waals surface area contributed by atoms with Gasteiger partial charge in [0.2, 0.25) is 6.29 Å². The van der Waals surface area contributed by atoms with Crippen LogP contribution in [0.2, 0.25) is 0 Å². The van der Waals surface area contributed by atoms with Crippen LogP contribution in [0.4, 0.5) is 0 Å². The fourth-order valence-electron chi connectivity index (χ4n) is 5.38. The lowest BCUT2D eigenvalue weighted by Crippen LogP contribution is -2.62. The lowest BCUT2D eigenvalue weighted by molar-refractivity contribution is -0.322. The molecule has 47 heavy (non-hydrogen) atoms. The average Bonchev–Trinajstić information content (AvgIpc) is 3.06. The van der Waals surface area contributed by atoms with Gasteiger partial charge >= 0.3 is 17.9 Å². The van der Waals surface area contributed by atoms with E-state index in [4.69, 9.17) is 44.8 Å². The summed E-state index contributed by atoms with van der Waals surface area (Å²) in [4.78, 5) is 39.8. The quantitative estimate of drug-likeness (QED) is 0.0853. The molecule has 14 nitrogen and oxygen atoms in total. The molecule has 0 amide bonds. The molecule has 0 aromatic heterocycles. The summed E-state index contributed by atoms with van der Waals surface area (Å²) in [5.74, 6) is -3.33. The van der Waals surface area contributed by atoms with Gasteiger partial charge in [0.15, 0.2) is 12.4 Å². The van der Waals surface area contributed by atoms with Gasteiger partial charge in [-0.15, -0.1) is 11.6 Å². The van der Waals surface area contributed by atoms with Crippen LogP contribution in [-0.4, -0.2) is 91.2 Å². The third-order valence-corrected chi connectivity index (χ3v) is 8.21. The van der Waals surface area contributed by atoms with Crippen molar-refractivity contribution in [2.24, 2.45) is 17.0 Å². The molecular formula is C32H38ClN3O11. The Hall–Kier alpha value is -3.91. The van der Waals surface area contributed by atoms with Gasteiger partial charge in [-0.05, 0) is 42.6 Å². The molecule has 254 valence electrons. The van der Waals surface area contributed by atoms with Gasteiger partial charge < -0.3 is 38.3 Å². The van der Waals surface area contributed by atoms with Gasteiger partial charge in [-0.1, -0.05) is 54.9 Å². The van der Waals surface area contributed by atoms with Gasteiger partial charge in [0.1, 0.15) is 37.1 Å². The number of halogens is 1. The number of aryl methyl sites for hydroxylation is 1. The number of hydrogen-bond acceptors (Lipinski definition) is 12. The third-order valence-electron chi connectivity index (χ3n) is 8.00. The van der Waals surface area contributed by atoms with E-state index in [9.17, 15) is 25.0 Å². The smallest absolute Gasteiger partial charge is 0.338 e. The zero-order valence-corrected chi connectivity index (χ0v) is 27.1. The molecule has 2 aliphatic heterocycles. The second-order valence-electron chi connectivity index (χ2n) is 11.4. The lowest BCUT2D eigenvalue weighted by atomic mass is 9.88. The highest BCUT2D eigenvalue weighted by Crippen LogP contribution is 2.37. The van der Waals surface area contributed by atoms with Crippen molar-refractivity contribution in [3.8, 4) is 5.75 Å². The predicted molar refractivity (Wildman–Crippen MR) is 165 cm³/mol. The van der Waals surface area contributed by atoms with E-state index >= 15 is 0 Å². The zero-order chi connectivity index (χ0) is 34.1. The summed E-state index contributed by atoms with van der Waals surface area (Å²) >= 11 is 5.67. The molecule has 15 heteroatoms. The highest BCUT2D eigenvalue weighted by molar-refractivity contribution is 6.26. The molecule has 2 aromatic carbocycles. The number of esters is 3. The topological polar surface area (TPSA) is 185 Å². The van der Waals surface area contributed by atoms with E-state index < -0.39 is 84.8 Å². The number of hydrogen-bond donors (Lipinski definition) is 1. The Morgan fingerprint density at radius 1 is 0.936 bits per heavy atom. The third kappa shape index (κ3) is 9.34. The fourth-order valence-corrected chi connectivity index (χ4v) is 5.46. The minimum absolute atomic E-state index is 0.291. The summed E-state index contributed by atoms with van der Waals surface area (Å²) in [6.07, 6.45) is -7.79. The minimum atomic E-state index is -1.29. The maximum atomic E-state index is 13.3. The second-order valence-corrected chi connectivity index (χ2v) is 11.6. The number of aliphatic hydroxyl groups is 1. The molecule has 0 radical (unpaired) electrons. The molecule has 0 bridgehead atoms. The Morgan fingerprint density at radius 2 is 1.60 bits per heavy atom. The first-order valence-corrected chi connectivity index (χ1v) is 15.6. The number of ether oxygens (including phenoxy) is 7. The minimum Gasteiger partial charge on any atom is -0.463 e. The monoisotopic (exact) mass is 675 g/mol. The van der Waals surface area contributed by atoms with Crippen molar-refractivity contribution in [1.82, 2.24) is 0 Å². The summed E-state index contributed by atoms with van der Waals surface area (Å²) in [6, 6.07) is 14.5. The molecule has 2 aliphatic rings. The standard InChI is InChI=1S/C32H38ClN3O11/c1-17-10-12-22(13-11-17)43-32-29(46-30(40)21-8-6-5-7-9-21)19(3)28(24(45-32)16-42-25(38)14-33)47-31-26(35-36-34)18(2)27(39)23(44-31)15-41-20(4)37/h5-13,18-19,23-24,26-29,31-32,39H,14-16H2,1-4H3/t18-,19+,23?,24?,26?,27+,28+,29?,31-,32-/m1/s1. The number of nitrogens with zero attached hydrogens (tertiary/aromatic N) is 3. The molecule has 4 unspecified atom stereocenters. The van der Waals surface area contributed by atoms with E-state index in [1.54, 1.807) is 56.3 Å². The Labute approximate surface area is 276 Å². The van der Waals surface area contributed by atoms with Crippen LogP contribution in [0.25, 0.3) is 10.4 Å². The molecule has 0 aliphatic carbocycles. The van der Waals surface area contributed by atoms with Crippen LogP contribution < -0.4 is 4.74 Å². The van der Waals surface area contributed by atoms with Crippen molar-refractivity contribution < 1.29 is 52.6 Å². The number of alkyl halides is 1. The van der Waals surface area contributed by atoms with E-state index in [0.717, 1.165) is 5.56 Å². The van der Waals surface area contributed by atoms with Crippen molar-refractivity contribution >= 4 is 29.5 Å². The highest BCUT2D eigenvalue weighted by atomic mass is 35.5. The van der Waals surface area contributed by atoms with Crippen molar-refractivity contribution in [2.75, 3.05) is 19.1 Å². The average molecular weight is 676 g/mol. The molecular weight excluding hydrogens is 638 g/mol. The Morgan fingerprint density at radius 3 is 2.23 bits per heavy atom. The second kappa shape index (κ2) is 16.8. The van der Waals surface area contributed by atoms with Crippen LogP contribution in [-0.2, 0) is 38.0 Å². The Bertz CT molecular complexity index is 1410. The van der Waals surface area contributed by atoms with Crippen LogP contribution >= 0.6 is 11.6 Å². The van der Waals surface area contributed by atoms with Crippen molar-refractivity contribution in [1.29, 1.82) is 0 Å². The maximum Gasteiger partial charge on any atom is 0.338 e. The Balaban J connectivity index is 1.69. The summed E-state index contributed by atoms with van der Waals surface area (Å²) in [5.41, 5.74) is 10.6. The van der Waals surface area contributed by atoms with E-state index in [1.807, 2.05) is 19.1 Å². The molecule has 2 heterocycles. The molecule has 0 saturated carbocycles. The van der Waals surface area contributed by atoms with Gasteiger partial charge in [0.25, 0.3) is 0 Å². The number of azide groups is 1.